The fraction of sp³-hybridized carbons (Fsp3) is 0.647. The second-order valence-corrected chi connectivity index (χ2v) is 8.27. The molecule has 0 spiro atoms. The number of hydrogen-bond acceptors (Lipinski definition) is 2. The van der Waals surface area contributed by atoms with Crippen molar-refractivity contribution in [1.82, 2.24) is 5.32 Å². The van der Waals surface area contributed by atoms with Gasteiger partial charge in [-0.2, -0.15) is 0 Å². The molecule has 1 fully saturated rings. The SMILES string of the molecule is CCNC(c1cc(Cl)ccc1Br)C1CC(C)(C)OC1(C)C. The van der Waals surface area contributed by atoms with Crippen LogP contribution >= 0.6 is 27.5 Å². The van der Waals surface area contributed by atoms with E-state index in [1.54, 1.807) is 0 Å². The van der Waals surface area contributed by atoms with Crippen LogP contribution in [0.5, 0.6) is 0 Å². The van der Waals surface area contributed by atoms with Crippen LogP contribution in [0.25, 0.3) is 0 Å². The maximum absolute atomic E-state index is 6.28. The highest BCUT2D eigenvalue weighted by Crippen LogP contribution is 2.48. The highest BCUT2D eigenvalue weighted by Gasteiger charge is 2.49. The van der Waals surface area contributed by atoms with Crippen molar-refractivity contribution in [3.63, 3.8) is 0 Å². The van der Waals surface area contributed by atoms with E-state index in [-0.39, 0.29) is 17.2 Å². The van der Waals surface area contributed by atoms with Crippen LogP contribution < -0.4 is 5.32 Å². The molecular formula is C17H25BrClNO. The Balaban J connectivity index is 2.42. The van der Waals surface area contributed by atoms with E-state index in [0.29, 0.717) is 5.92 Å². The molecule has 2 rings (SSSR count). The van der Waals surface area contributed by atoms with Crippen LogP contribution in [0, 0.1) is 5.92 Å². The van der Waals surface area contributed by atoms with E-state index in [2.05, 4.69) is 61.9 Å². The fourth-order valence-electron chi connectivity index (χ4n) is 3.57. The van der Waals surface area contributed by atoms with Gasteiger partial charge in [0.2, 0.25) is 0 Å². The lowest BCUT2D eigenvalue weighted by Crippen LogP contribution is -2.38. The third-order valence-electron chi connectivity index (χ3n) is 4.26. The van der Waals surface area contributed by atoms with Crippen LogP contribution in [0.2, 0.25) is 5.02 Å². The number of rotatable bonds is 4. The Hall–Kier alpha value is -0.0900. The van der Waals surface area contributed by atoms with E-state index in [0.717, 1.165) is 22.5 Å². The number of hydrogen-bond donors (Lipinski definition) is 1. The van der Waals surface area contributed by atoms with E-state index in [9.17, 15) is 0 Å². The molecule has 1 saturated heterocycles. The Morgan fingerprint density at radius 2 is 2.05 bits per heavy atom. The van der Waals surface area contributed by atoms with Gasteiger partial charge < -0.3 is 10.1 Å². The number of nitrogens with one attached hydrogen (secondary N) is 1. The Morgan fingerprint density at radius 1 is 1.38 bits per heavy atom. The fourth-order valence-corrected chi connectivity index (χ4v) is 4.24. The van der Waals surface area contributed by atoms with E-state index in [4.69, 9.17) is 16.3 Å². The van der Waals surface area contributed by atoms with Crippen molar-refractivity contribution in [2.45, 2.75) is 58.3 Å². The molecule has 0 radical (unpaired) electrons. The smallest absolute Gasteiger partial charge is 0.0681 e. The van der Waals surface area contributed by atoms with Crippen molar-refractivity contribution < 1.29 is 4.74 Å². The first kappa shape index (κ1) is 17.3. The highest BCUT2D eigenvalue weighted by atomic mass is 79.9. The van der Waals surface area contributed by atoms with Crippen LogP contribution in [0.3, 0.4) is 0 Å². The number of ether oxygens (including phenoxy) is 1. The molecule has 118 valence electrons. The molecule has 0 bridgehead atoms. The zero-order chi connectivity index (χ0) is 15.8. The third kappa shape index (κ3) is 3.82. The second-order valence-electron chi connectivity index (χ2n) is 6.98. The van der Waals surface area contributed by atoms with Gasteiger partial charge in [0, 0.05) is 21.5 Å². The van der Waals surface area contributed by atoms with Gasteiger partial charge in [-0.15, -0.1) is 0 Å². The van der Waals surface area contributed by atoms with Crippen LogP contribution in [0.1, 0.15) is 52.6 Å². The second kappa shape index (κ2) is 6.19. The summed E-state index contributed by atoms with van der Waals surface area (Å²) < 4.78 is 7.38. The summed E-state index contributed by atoms with van der Waals surface area (Å²) in [4.78, 5) is 0. The normalized spacial score (nSPS) is 25.0. The Bertz CT molecular complexity index is 516. The summed E-state index contributed by atoms with van der Waals surface area (Å²) in [7, 11) is 0. The molecule has 1 aliphatic heterocycles. The van der Waals surface area contributed by atoms with Gasteiger partial charge in [0.15, 0.2) is 0 Å². The summed E-state index contributed by atoms with van der Waals surface area (Å²) in [6.45, 7) is 11.8. The van der Waals surface area contributed by atoms with Crippen LogP contribution in [0.4, 0.5) is 0 Å². The molecule has 0 saturated carbocycles. The standard InChI is InChI=1S/C17H25BrClNO/c1-6-20-15(12-9-11(19)7-8-14(12)18)13-10-16(2,3)21-17(13,4)5/h7-9,13,15,20H,6,10H2,1-5H3. The maximum Gasteiger partial charge on any atom is 0.0681 e. The van der Waals surface area contributed by atoms with E-state index in [1.807, 2.05) is 12.1 Å². The molecule has 1 aromatic rings. The molecule has 2 atom stereocenters. The monoisotopic (exact) mass is 373 g/mol. The Labute approximate surface area is 141 Å². The van der Waals surface area contributed by atoms with Gasteiger partial charge in [-0.25, -0.2) is 0 Å². The molecule has 1 aromatic carbocycles. The first-order valence-electron chi connectivity index (χ1n) is 7.55. The van der Waals surface area contributed by atoms with E-state index < -0.39 is 0 Å². The van der Waals surface area contributed by atoms with Gasteiger partial charge in [-0.3, -0.25) is 0 Å². The minimum absolute atomic E-state index is 0.0904. The van der Waals surface area contributed by atoms with Gasteiger partial charge >= 0.3 is 0 Å². The van der Waals surface area contributed by atoms with Crippen molar-refractivity contribution in [1.29, 1.82) is 0 Å². The van der Waals surface area contributed by atoms with Gasteiger partial charge in [-0.05, 0) is 64.4 Å². The Morgan fingerprint density at radius 3 is 2.57 bits per heavy atom. The summed E-state index contributed by atoms with van der Waals surface area (Å²) in [5, 5.41) is 4.40. The zero-order valence-corrected chi connectivity index (χ0v) is 15.8. The van der Waals surface area contributed by atoms with Gasteiger partial charge in [0.05, 0.1) is 11.2 Å². The number of halogens is 2. The van der Waals surface area contributed by atoms with Crippen molar-refractivity contribution in [2.24, 2.45) is 5.92 Å². The highest BCUT2D eigenvalue weighted by molar-refractivity contribution is 9.10. The molecule has 0 aliphatic carbocycles. The van der Waals surface area contributed by atoms with Crippen molar-refractivity contribution in [3.05, 3.63) is 33.3 Å². The van der Waals surface area contributed by atoms with E-state index >= 15 is 0 Å². The van der Waals surface area contributed by atoms with Gasteiger partial charge in [0.25, 0.3) is 0 Å². The molecule has 2 nitrogen and oxygen atoms in total. The molecule has 1 aliphatic rings. The lowest BCUT2D eigenvalue weighted by molar-refractivity contribution is -0.0778. The predicted octanol–water partition coefficient (Wildman–Crippen LogP) is 5.35. The lowest BCUT2D eigenvalue weighted by Gasteiger charge is -2.34. The minimum Gasteiger partial charge on any atom is -0.369 e. The molecule has 0 aromatic heterocycles. The molecule has 21 heavy (non-hydrogen) atoms. The van der Waals surface area contributed by atoms with Gasteiger partial charge in [-0.1, -0.05) is 34.5 Å². The molecular weight excluding hydrogens is 350 g/mol. The van der Waals surface area contributed by atoms with Crippen molar-refractivity contribution in [3.8, 4) is 0 Å². The van der Waals surface area contributed by atoms with Crippen LogP contribution in [-0.2, 0) is 4.74 Å². The van der Waals surface area contributed by atoms with Crippen LogP contribution in [-0.4, -0.2) is 17.7 Å². The molecule has 1 N–H and O–H groups in total. The maximum atomic E-state index is 6.28. The molecule has 2 unspecified atom stereocenters. The summed E-state index contributed by atoms with van der Waals surface area (Å²) in [6.07, 6.45) is 1.02. The average Bonchev–Trinajstić information content (AvgIpc) is 2.57. The Kier molecular flexibility index (Phi) is 5.09. The summed E-state index contributed by atoms with van der Waals surface area (Å²) in [5.41, 5.74) is 0.953. The van der Waals surface area contributed by atoms with Gasteiger partial charge in [0.1, 0.15) is 0 Å². The first-order chi connectivity index (χ1) is 9.66. The van der Waals surface area contributed by atoms with Crippen molar-refractivity contribution >= 4 is 27.5 Å². The number of benzene rings is 1. The quantitative estimate of drug-likeness (QED) is 0.767. The lowest BCUT2D eigenvalue weighted by atomic mass is 9.79. The minimum atomic E-state index is -0.169. The topological polar surface area (TPSA) is 21.3 Å². The summed E-state index contributed by atoms with van der Waals surface area (Å²) >= 11 is 9.89. The predicted molar refractivity (Wildman–Crippen MR) is 92.9 cm³/mol. The molecule has 0 amide bonds. The summed E-state index contributed by atoms with van der Waals surface area (Å²) in [6, 6.07) is 6.22. The largest absolute Gasteiger partial charge is 0.369 e. The van der Waals surface area contributed by atoms with Crippen LogP contribution in [0.15, 0.2) is 22.7 Å². The summed E-state index contributed by atoms with van der Waals surface area (Å²) in [5.74, 6) is 0.391. The van der Waals surface area contributed by atoms with E-state index in [1.165, 1.54) is 5.56 Å². The molecule has 4 heteroatoms. The average molecular weight is 375 g/mol. The third-order valence-corrected chi connectivity index (χ3v) is 5.22. The molecule has 1 heterocycles. The zero-order valence-electron chi connectivity index (χ0n) is 13.5. The first-order valence-corrected chi connectivity index (χ1v) is 8.72. The van der Waals surface area contributed by atoms with Crippen molar-refractivity contribution in [2.75, 3.05) is 6.54 Å².